The van der Waals surface area contributed by atoms with Crippen LogP contribution in [-0.4, -0.2) is 13.2 Å². The van der Waals surface area contributed by atoms with Crippen LogP contribution in [0, 0.1) is 5.92 Å². The second-order valence-corrected chi connectivity index (χ2v) is 4.69. The molecule has 1 aromatic carbocycles. The van der Waals surface area contributed by atoms with Crippen LogP contribution < -0.4 is 5.32 Å². The number of rotatable bonds is 1. The molecule has 1 aliphatic rings. The minimum atomic E-state index is 0.0688. The molecular formula is C11H14BrNO. The van der Waals surface area contributed by atoms with Gasteiger partial charge in [-0.15, -0.1) is 0 Å². The summed E-state index contributed by atoms with van der Waals surface area (Å²) >= 11 is 3.42. The van der Waals surface area contributed by atoms with Crippen molar-refractivity contribution in [2.75, 3.05) is 13.2 Å². The molecular weight excluding hydrogens is 242 g/mol. The molecule has 1 aromatic rings. The quantitative estimate of drug-likeness (QED) is 0.834. The van der Waals surface area contributed by atoms with Crippen molar-refractivity contribution >= 4 is 15.9 Å². The zero-order chi connectivity index (χ0) is 9.97. The van der Waals surface area contributed by atoms with E-state index in [9.17, 15) is 0 Å². The van der Waals surface area contributed by atoms with Gasteiger partial charge in [0.05, 0.1) is 6.61 Å². The number of benzene rings is 1. The van der Waals surface area contributed by atoms with Crippen LogP contribution in [0.2, 0.25) is 0 Å². The van der Waals surface area contributed by atoms with Gasteiger partial charge in [-0.1, -0.05) is 35.0 Å². The minimum absolute atomic E-state index is 0.0688. The first-order chi connectivity index (χ1) is 6.75. The van der Waals surface area contributed by atoms with Gasteiger partial charge in [-0.3, -0.25) is 5.32 Å². The zero-order valence-electron chi connectivity index (χ0n) is 8.16. The lowest BCUT2D eigenvalue weighted by Crippen LogP contribution is -2.36. The van der Waals surface area contributed by atoms with E-state index in [0.29, 0.717) is 5.92 Å². The zero-order valence-corrected chi connectivity index (χ0v) is 9.75. The van der Waals surface area contributed by atoms with Crippen LogP contribution in [0.4, 0.5) is 0 Å². The normalized spacial score (nSPS) is 27.6. The number of hydrogen-bond acceptors (Lipinski definition) is 2. The summed E-state index contributed by atoms with van der Waals surface area (Å²) in [6.45, 7) is 4.05. The molecule has 3 heteroatoms. The van der Waals surface area contributed by atoms with E-state index in [2.05, 4.69) is 40.3 Å². The van der Waals surface area contributed by atoms with Crippen LogP contribution in [0.5, 0.6) is 0 Å². The maximum Gasteiger partial charge on any atom is 0.134 e. The molecule has 1 fully saturated rings. The van der Waals surface area contributed by atoms with Crippen LogP contribution in [0.15, 0.2) is 28.7 Å². The van der Waals surface area contributed by atoms with Gasteiger partial charge >= 0.3 is 0 Å². The number of hydrogen-bond donors (Lipinski definition) is 1. The Kier molecular flexibility index (Phi) is 3.21. The molecule has 0 spiro atoms. The second-order valence-electron chi connectivity index (χ2n) is 3.78. The third-order valence-electron chi connectivity index (χ3n) is 2.37. The first-order valence-corrected chi connectivity index (χ1v) is 5.65. The van der Waals surface area contributed by atoms with Gasteiger partial charge in [-0.2, -0.15) is 0 Å². The molecule has 0 radical (unpaired) electrons. The molecule has 14 heavy (non-hydrogen) atoms. The fourth-order valence-electron chi connectivity index (χ4n) is 1.54. The molecule has 1 aliphatic heterocycles. The molecule has 2 unspecified atom stereocenters. The van der Waals surface area contributed by atoms with Gasteiger partial charge in [0.1, 0.15) is 6.23 Å². The van der Waals surface area contributed by atoms with Gasteiger partial charge in [0, 0.05) is 11.0 Å². The molecule has 2 atom stereocenters. The highest BCUT2D eigenvalue weighted by Gasteiger charge is 2.18. The Bertz CT molecular complexity index is 291. The molecule has 0 bridgehead atoms. The fraction of sp³-hybridized carbons (Fsp3) is 0.455. The fourth-order valence-corrected chi connectivity index (χ4v) is 1.80. The number of ether oxygens (including phenoxy) is 1. The van der Waals surface area contributed by atoms with Crippen LogP contribution >= 0.6 is 15.9 Å². The van der Waals surface area contributed by atoms with Crippen molar-refractivity contribution in [3.8, 4) is 0 Å². The molecule has 1 saturated heterocycles. The molecule has 2 rings (SSSR count). The maximum absolute atomic E-state index is 5.69. The van der Waals surface area contributed by atoms with E-state index in [4.69, 9.17) is 4.74 Å². The summed E-state index contributed by atoms with van der Waals surface area (Å²) < 4.78 is 6.79. The molecule has 1 N–H and O–H groups in total. The third-order valence-corrected chi connectivity index (χ3v) is 2.90. The lowest BCUT2D eigenvalue weighted by molar-refractivity contribution is -0.0254. The van der Waals surface area contributed by atoms with E-state index in [1.165, 1.54) is 5.56 Å². The minimum Gasteiger partial charge on any atom is -0.359 e. The molecule has 76 valence electrons. The molecule has 0 amide bonds. The average molecular weight is 256 g/mol. The maximum atomic E-state index is 5.69. The Balaban J connectivity index is 2.05. The van der Waals surface area contributed by atoms with E-state index in [1.54, 1.807) is 0 Å². The summed E-state index contributed by atoms with van der Waals surface area (Å²) in [5.74, 6) is 0.613. The van der Waals surface area contributed by atoms with Crippen molar-refractivity contribution in [2.24, 2.45) is 5.92 Å². The van der Waals surface area contributed by atoms with Gasteiger partial charge < -0.3 is 4.74 Å². The topological polar surface area (TPSA) is 21.3 Å². The van der Waals surface area contributed by atoms with E-state index in [1.807, 2.05) is 12.1 Å². The summed E-state index contributed by atoms with van der Waals surface area (Å²) in [6.07, 6.45) is 0.0688. The monoisotopic (exact) mass is 255 g/mol. The first kappa shape index (κ1) is 10.1. The van der Waals surface area contributed by atoms with Crippen molar-refractivity contribution < 1.29 is 4.74 Å². The highest BCUT2D eigenvalue weighted by Crippen LogP contribution is 2.21. The predicted molar refractivity (Wildman–Crippen MR) is 60.0 cm³/mol. The Morgan fingerprint density at radius 2 is 2.07 bits per heavy atom. The molecule has 0 aliphatic carbocycles. The molecule has 0 aromatic heterocycles. The van der Waals surface area contributed by atoms with Crippen LogP contribution in [0.25, 0.3) is 0 Å². The molecule has 1 heterocycles. The average Bonchev–Trinajstić information content (AvgIpc) is 2.21. The summed E-state index contributed by atoms with van der Waals surface area (Å²) in [4.78, 5) is 0. The standard InChI is InChI=1S/C11H14BrNO/c1-8-6-13-11(14-7-8)9-2-4-10(12)5-3-9/h2-5,8,11,13H,6-7H2,1H3. The van der Waals surface area contributed by atoms with E-state index in [0.717, 1.165) is 17.6 Å². The van der Waals surface area contributed by atoms with Crippen molar-refractivity contribution in [3.05, 3.63) is 34.3 Å². The summed E-state index contributed by atoms with van der Waals surface area (Å²) in [6, 6.07) is 8.24. The van der Waals surface area contributed by atoms with E-state index in [-0.39, 0.29) is 6.23 Å². The van der Waals surface area contributed by atoms with Crippen LogP contribution in [0.1, 0.15) is 18.7 Å². The number of halogens is 1. The lowest BCUT2D eigenvalue weighted by atomic mass is 10.1. The second kappa shape index (κ2) is 4.43. The number of nitrogens with one attached hydrogen (secondary N) is 1. The Morgan fingerprint density at radius 1 is 1.36 bits per heavy atom. The Morgan fingerprint density at radius 3 is 2.64 bits per heavy atom. The van der Waals surface area contributed by atoms with Crippen molar-refractivity contribution in [2.45, 2.75) is 13.2 Å². The third kappa shape index (κ3) is 2.35. The predicted octanol–water partition coefficient (Wildman–Crippen LogP) is 2.70. The van der Waals surface area contributed by atoms with E-state index >= 15 is 0 Å². The van der Waals surface area contributed by atoms with Crippen molar-refractivity contribution in [3.63, 3.8) is 0 Å². The van der Waals surface area contributed by atoms with Gasteiger partial charge in [-0.05, 0) is 23.6 Å². The summed E-state index contributed by atoms with van der Waals surface area (Å²) in [5.41, 5.74) is 1.19. The Labute approximate surface area is 92.8 Å². The Hall–Kier alpha value is -0.380. The summed E-state index contributed by atoms with van der Waals surface area (Å²) in [5, 5.41) is 3.37. The van der Waals surface area contributed by atoms with Gasteiger partial charge in [0.2, 0.25) is 0 Å². The summed E-state index contributed by atoms with van der Waals surface area (Å²) in [7, 11) is 0. The SMILES string of the molecule is CC1CNC(c2ccc(Br)cc2)OC1. The van der Waals surface area contributed by atoms with Crippen LogP contribution in [-0.2, 0) is 4.74 Å². The smallest absolute Gasteiger partial charge is 0.134 e. The highest BCUT2D eigenvalue weighted by atomic mass is 79.9. The molecule has 0 saturated carbocycles. The van der Waals surface area contributed by atoms with Crippen molar-refractivity contribution in [1.82, 2.24) is 5.32 Å². The van der Waals surface area contributed by atoms with Gasteiger partial charge in [0.15, 0.2) is 0 Å². The largest absolute Gasteiger partial charge is 0.359 e. The van der Waals surface area contributed by atoms with Gasteiger partial charge in [0.25, 0.3) is 0 Å². The van der Waals surface area contributed by atoms with Crippen molar-refractivity contribution in [1.29, 1.82) is 0 Å². The van der Waals surface area contributed by atoms with Crippen LogP contribution in [0.3, 0.4) is 0 Å². The highest BCUT2D eigenvalue weighted by molar-refractivity contribution is 9.10. The lowest BCUT2D eigenvalue weighted by Gasteiger charge is -2.28. The molecule has 2 nitrogen and oxygen atoms in total. The first-order valence-electron chi connectivity index (χ1n) is 4.86. The van der Waals surface area contributed by atoms with Gasteiger partial charge in [-0.25, -0.2) is 0 Å². The van der Waals surface area contributed by atoms with E-state index < -0.39 is 0 Å².